The molecule has 0 aliphatic carbocycles. The van der Waals surface area contributed by atoms with E-state index >= 15 is 0 Å². The maximum absolute atomic E-state index is 10.3. The third kappa shape index (κ3) is 1.35. The molecule has 0 saturated carbocycles. The Bertz CT molecular complexity index is 251. The Hall–Kier alpha value is -0.420. The van der Waals surface area contributed by atoms with Crippen LogP contribution in [0, 0.1) is 6.92 Å². The van der Waals surface area contributed by atoms with Gasteiger partial charge in [0.05, 0.1) is 9.48 Å². The summed E-state index contributed by atoms with van der Waals surface area (Å²) in [6.45, 7) is 1.76. The fourth-order valence-electron chi connectivity index (χ4n) is 0.469. The second-order valence-electron chi connectivity index (χ2n) is 1.68. The van der Waals surface area contributed by atoms with E-state index in [-0.39, 0.29) is 5.01 Å². The van der Waals surface area contributed by atoms with Crippen molar-refractivity contribution in [3.8, 4) is 0 Å². The van der Waals surface area contributed by atoms with E-state index in [4.69, 9.17) is 5.11 Å². The predicted molar refractivity (Wildman–Crippen MR) is 41.5 cm³/mol. The second-order valence-corrected chi connectivity index (χ2v) is 4.00. The molecule has 0 fully saturated rings. The third-order valence-electron chi connectivity index (χ3n) is 0.923. The summed E-state index contributed by atoms with van der Waals surface area (Å²) >= 11 is 4.31. The first-order valence-electron chi connectivity index (χ1n) is 2.47. The number of hydrogen-bond acceptors (Lipinski definition) is 3. The first kappa shape index (κ1) is 7.68. The molecule has 0 bridgehead atoms. The van der Waals surface area contributed by atoms with Gasteiger partial charge in [-0.3, -0.25) is 0 Å². The zero-order chi connectivity index (χ0) is 7.72. The van der Waals surface area contributed by atoms with Crippen molar-refractivity contribution in [3.05, 3.63) is 14.5 Å². The summed E-state index contributed by atoms with van der Waals surface area (Å²) in [7, 11) is 0. The number of carboxylic acids is 1. The first-order chi connectivity index (χ1) is 4.61. The van der Waals surface area contributed by atoms with Gasteiger partial charge in [0.1, 0.15) is 0 Å². The molecule has 10 heavy (non-hydrogen) atoms. The van der Waals surface area contributed by atoms with Crippen LogP contribution in [0.2, 0.25) is 0 Å². The van der Waals surface area contributed by atoms with Gasteiger partial charge in [0.2, 0.25) is 5.01 Å². The van der Waals surface area contributed by atoms with Crippen molar-refractivity contribution in [1.82, 2.24) is 4.98 Å². The van der Waals surface area contributed by atoms with E-state index in [1.54, 1.807) is 6.92 Å². The van der Waals surface area contributed by atoms with Crippen molar-refractivity contribution < 1.29 is 9.90 Å². The Labute approximate surface area is 69.8 Å². The number of aryl methyl sites for hydroxylation is 1. The van der Waals surface area contributed by atoms with E-state index in [1.165, 1.54) is 0 Å². The maximum Gasteiger partial charge on any atom is 0.365 e. The molecule has 0 spiro atoms. The summed E-state index contributed by atoms with van der Waals surface area (Å²) in [4.78, 5) is 14.1. The number of nitrogens with zero attached hydrogens (tertiary/aromatic N) is 1. The van der Waals surface area contributed by atoms with Gasteiger partial charge in [0.15, 0.2) is 0 Å². The zero-order valence-electron chi connectivity index (χ0n) is 5.09. The Balaban J connectivity index is 3.10. The van der Waals surface area contributed by atoms with E-state index in [0.29, 0.717) is 0 Å². The molecule has 54 valence electrons. The van der Waals surface area contributed by atoms with Crippen molar-refractivity contribution in [1.29, 1.82) is 0 Å². The van der Waals surface area contributed by atoms with Gasteiger partial charge in [-0.25, -0.2) is 9.78 Å². The number of aromatic carboxylic acids is 1. The summed E-state index contributed by atoms with van der Waals surface area (Å²) < 4.78 is 0.782. The number of rotatable bonds is 1. The summed E-state index contributed by atoms with van der Waals surface area (Å²) in [5.41, 5.74) is 0.724. The summed E-state index contributed by atoms with van der Waals surface area (Å²) in [6.07, 6.45) is 0. The second kappa shape index (κ2) is 2.67. The minimum atomic E-state index is -0.973. The number of thiazole rings is 1. The monoisotopic (exact) mass is 221 g/mol. The molecular weight excluding hydrogens is 218 g/mol. The van der Waals surface area contributed by atoms with Gasteiger partial charge >= 0.3 is 5.97 Å². The molecule has 5 heteroatoms. The molecule has 1 aromatic heterocycles. The zero-order valence-corrected chi connectivity index (χ0v) is 7.49. The lowest BCUT2D eigenvalue weighted by Crippen LogP contribution is -1.93. The van der Waals surface area contributed by atoms with Crippen LogP contribution in [-0.4, -0.2) is 16.1 Å². The summed E-state index contributed by atoms with van der Waals surface area (Å²) in [5.74, 6) is -0.973. The van der Waals surface area contributed by atoms with E-state index in [0.717, 1.165) is 20.8 Å². The standard InChI is InChI=1S/C5H4BrNO2S/c1-2-3(6)10-4(7-2)5(8)9/h1H3,(H,8,9). The molecule has 1 rings (SSSR count). The number of carbonyl (C=O) groups is 1. The number of halogens is 1. The molecule has 0 amide bonds. The molecule has 0 aromatic carbocycles. The lowest BCUT2D eigenvalue weighted by atomic mass is 10.6. The molecule has 0 unspecified atom stereocenters. The minimum absolute atomic E-state index is 0.129. The summed E-state index contributed by atoms with van der Waals surface area (Å²) in [5, 5.41) is 8.58. The predicted octanol–water partition coefficient (Wildman–Crippen LogP) is 1.91. The van der Waals surface area contributed by atoms with E-state index in [1.807, 2.05) is 0 Å². The summed E-state index contributed by atoms with van der Waals surface area (Å²) in [6, 6.07) is 0. The van der Waals surface area contributed by atoms with Crippen molar-refractivity contribution in [2.45, 2.75) is 6.92 Å². The van der Waals surface area contributed by atoms with Gasteiger partial charge < -0.3 is 5.11 Å². The van der Waals surface area contributed by atoms with Gasteiger partial charge in [-0.2, -0.15) is 0 Å². The SMILES string of the molecule is Cc1nc(C(=O)O)sc1Br. The lowest BCUT2D eigenvalue weighted by molar-refractivity contribution is 0.0696. The number of aromatic nitrogens is 1. The van der Waals surface area contributed by atoms with Crippen LogP contribution in [0.5, 0.6) is 0 Å². The highest BCUT2D eigenvalue weighted by Gasteiger charge is 2.10. The fraction of sp³-hybridized carbons (Fsp3) is 0.200. The molecule has 0 atom stereocenters. The van der Waals surface area contributed by atoms with Crippen LogP contribution < -0.4 is 0 Å². The Morgan fingerprint density at radius 2 is 2.40 bits per heavy atom. The Kier molecular flexibility index (Phi) is 2.05. The quantitative estimate of drug-likeness (QED) is 0.789. The van der Waals surface area contributed by atoms with Gasteiger partial charge in [-0.15, -0.1) is 0 Å². The van der Waals surface area contributed by atoms with Gasteiger partial charge in [0, 0.05) is 0 Å². The third-order valence-corrected chi connectivity index (χ3v) is 2.92. The molecule has 0 radical (unpaired) electrons. The highest BCUT2D eigenvalue weighted by molar-refractivity contribution is 9.11. The molecule has 0 aliphatic rings. The normalized spacial score (nSPS) is 9.80. The van der Waals surface area contributed by atoms with Crippen LogP contribution in [0.1, 0.15) is 15.5 Å². The van der Waals surface area contributed by atoms with Crippen LogP contribution in [0.15, 0.2) is 3.79 Å². The molecule has 1 aromatic rings. The van der Waals surface area contributed by atoms with Crippen LogP contribution >= 0.6 is 27.3 Å². The molecular formula is C5H4BrNO2S. The molecule has 3 nitrogen and oxygen atoms in total. The average molecular weight is 222 g/mol. The van der Waals surface area contributed by atoms with E-state index < -0.39 is 5.97 Å². The van der Waals surface area contributed by atoms with Gasteiger partial charge in [-0.1, -0.05) is 11.3 Å². The van der Waals surface area contributed by atoms with Crippen LogP contribution in [-0.2, 0) is 0 Å². The maximum atomic E-state index is 10.3. The first-order valence-corrected chi connectivity index (χ1v) is 4.08. The van der Waals surface area contributed by atoms with E-state index in [2.05, 4.69) is 20.9 Å². The van der Waals surface area contributed by atoms with E-state index in [9.17, 15) is 4.79 Å². The Morgan fingerprint density at radius 1 is 1.80 bits per heavy atom. The van der Waals surface area contributed by atoms with Gasteiger partial charge in [0.25, 0.3) is 0 Å². The van der Waals surface area contributed by atoms with Crippen LogP contribution in [0.3, 0.4) is 0 Å². The van der Waals surface area contributed by atoms with Crippen LogP contribution in [0.25, 0.3) is 0 Å². The van der Waals surface area contributed by atoms with Crippen molar-refractivity contribution in [2.75, 3.05) is 0 Å². The topological polar surface area (TPSA) is 50.2 Å². The molecule has 0 saturated heterocycles. The number of carboxylic acid groups (broad SMARTS) is 1. The van der Waals surface area contributed by atoms with Crippen molar-refractivity contribution in [3.63, 3.8) is 0 Å². The number of hydrogen-bond donors (Lipinski definition) is 1. The lowest BCUT2D eigenvalue weighted by Gasteiger charge is -1.78. The largest absolute Gasteiger partial charge is 0.476 e. The molecule has 0 aliphatic heterocycles. The smallest absolute Gasteiger partial charge is 0.365 e. The van der Waals surface area contributed by atoms with Crippen molar-refractivity contribution in [2.24, 2.45) is 0 Å². The Morgan fingerprint density at radius 3 is 2.60 bits per heavy atom. The molecule has 1 N–H and O–H groups in total. The fourth-order valence-corrected chi connectivity index (χ4v) is 1.65. The highest BCUT2D eigenvalue weighted by Crippen LogP contribution is 2.23. The minimum Gasteiger partial charge on any atom is -0.476 e. The van der Waals surface area contributed by atoms with Gasteiger partial charge in [-0.05, 0) is 22.9 Å². The highest BCUT2D eigenvalue weighted by atomic mass is 79.9. The van der Waals surface area contributed by atoms with Crippen molar-refractivity contribution >= 4 is 33.2 Å². The molecule has 1 heterocycles. The average Bonchev–Trinajstić information content (AvgIpc) is 2.13. The van der Waals surface area contributed by atoms with Crippen LogP contribution in [0.4, 0.5) is 0 Å².